The van der Waals surface area contributed by atoms with E-state index in [9.17, 15) is 14.3 Å². The number of H-pyrrole nitrogens is 1. The quantitative estimate of drug-likeness (QED) is 0.646. The van der Waals surface area contributed by atoms with Gasteiger partial charge in [-0.05, 0) is 75.1 Å². The van der Waals surface area contributed by atoms with Crippen molar-refractivity contribution < 1.29 is 19.0 Å². The molecule has 0 spiro atoms. The van der Waals surface area contributed by atoms with Crippen molar-refractivity contribution in [1.82, 2.24) is 9.88 Å². The lowest BCUT2D eigenvalue weighted by molar-refractivity contribution is 0.0156. The molecule has 158 valence electrons. The number of aromatic nitrogens is 1. The second-order valence-corrected chi connectivity index (χ2v) is 8.83. The summed E-state index contributed by atoms with van der Waals surface area (Å²) in [5.74, 6) is -0.293. The van der Waals surface area contributed by atoms with Crippen molar-refractivity contribution in [1.29, 1.82) is 0 Å². The van der Waals surface area contributed by atoms with Crippen molar-refractivity contribution in [3.63, 3.8) is 0 Å². The molecule has 1 aliphatic rings. The third kappa shape index (κ3) is 4.05. The van der Waals surface area contributed by atoms with Gasteiger partial charge in [-0.2, -0.15) is 0 Å². The van der Waals surface area contributed by atoms with Gasteiger partial charge in [-0.25, -0.2) is 9.18 Å². The lowest BCUT2D eigenvalue weighted by atomic mass is 9.96. The highest BCUT2D eigenvalue weighted by atomic mass is 19.1. The Morgan fingerprint density at radius 3 is 2.60 bits per heavy atom. The molecule has 2 unspecified atom stereocenters. The van der Waals surface area contributed by atoms with Gasteiger partial charge in [0.1, 0.15) is 11.4 Å². The highest BCUT2D eigenvalue weighted by Gasteiger charge is 2.39. The normalized spacial score (nSPS) is 19.4. The van der Waals surface area contributed by atoms with E-state index < -0.39 is 23.8 Å². The van der Waals surface area contributed by atoms with Gasteiger partial charge in [0.25, 0.3) is 0 Å². The van der Waals surface area contributed by atoms with Crippen LogP contribution in [0.25, 0.3) is 22.2 Å². The summed E-state index contributed by atoms with van der Waals surface area (Å²) in [6, 6.07) is 13.9. The minimum Gasteiger partial charge on any atom is -0.444 e. The van der Waals surface area contributed by atoms with Crippen LogP contribution in [0.3, 0.4) is 0 Å². The number of ether oxygens (including phenoxy) is 1. The van der Waals surface area contributed by atoms with Crippen LogP contribution in [0, 0.1) is 5.82 Å². The number of nitrogens with zero attached hydrogens (tertiary/aromatic N) is 1. The number of nitrogens with one attached hydrogen (secondary N) is 1. The summed E-state index contributed by atoms with van der Waals surface area (Å²) in [6.07, 6.45) is -0.0607. The summed E-state index contributed by atoms with van der Waals surface area (Å²) in [4.78, 5) is 17.8. The van der Waals surface area contributed by atoms with E-state index in [2.05, 4.69) is 4.98 Å². The van der Waals surface area contributed by atoms with Crippen LogP contribution in [0.4, 0.5) is 9.18 Å². The van der Waals surface area contributed by atoms with Crippen LogP contribution in [0.2, 0.25) is 0 Å². The number of hydrogen-bond donors (Lipinski definition) is 2. The maximum Gasteiger partial charge on any atom is 0.410 e. The SMILES string of the molecule is CC(C)(C)OC(=O)N1CCC(O)C1Cc1c(-c2ccc(F)cc2)[nH]c2ccccc12. The fourth-order valence-electron chi connectivity index (χ4n) is 4.11. The summed E-state index contributed by atoms with van der Waals surface area (Å²) in [7, 11) is 0. The Hall–Kier alpha value is -2.86. The summed E-state index contributed by atoms with van der Waals surface area (Å²) < 4.78 is 19.0. The van der Waals surface area contributed by atoms with Crippen LogP contribution in [-0.4, -0.2) is 45.4 Å². The Kier molecular flexibility index (Phi) is 5.28. The largest absolute Gasteiger partial charge is 0.444 e. The van der Waals surface area contributed by atoms with Gasteiger partial charge in [0.15, 0.2) is 0 Å². The average Bonchev–Trinajstić information content (AvgIpc) is 3.23. The summed E-state index contributed by atoms with van der Waals surface area (Å²) in [5, 5.41) is 11.7. The van der Waals surface area contributed by atoms with Gasteiger partial charge in [0.2, 0.25) is 0 Å². The first-order valence-electron chi connectivity index (χ1n) is 10.3. The molecule has 5 nitrogen and oxygen atoms in total. The van der Waals surface area contributed by atoms with Crippen LogP contribution in [0.5, 0.6) is 0 Å². The van der Waals surface area contributed by atoms with Crippen LogP contribution < -0.4 is 0 Å². The lowest BCUT2D eigenvalue weighted by Gasteiger charge is -2.29. The minimum atomic E-state index is -0.632. The van der Waals surface area contributed by atoms with E-state index in [0.717, 1.165) is 27.7 Å². The van der Waals surface area contributed by atoms with E-state index in [1.165, 1.54) is 12.1 Å². The molecule has 0 aliphatic carbocycles. The van der Waals surface area contributed by atoms with Crippen LogP contribution in [0.15, 0.2) is 48.5 Å². The van der Waals surface area contributed by atoms with E-state index in [1.807, 2.05) is 45.0 Å². The van der Waals surface area contributed by atoms with Crippen LogP contribution >= 0.6 is 0 Å². The van der Waals surface area contributed by atoms with E-state index in [4.69, 9.17) is 4.74 Å². The third-order valence-corrected chi connectivity index (χ3v) is 5.50. The van der Waals surface area contributed by atoms with Crippen LogP contribution in [0.1, 0.15) is 32.8 Å². The molecule has 6 heteroatoms. The predicted molar refractivity (Wildman–Crippen MR) is 115 cm³/mol. The first-order valence-corrected chi connectivity index (χ1v) is 10.3. The van der Waals surface area contributed by atoms with E-state index in [0.29, 0.717) is 19.4 Å². The monoisotopic (exact) mass is 410 g/mol. The second kappa shape index (κ2) is 7.76. The summed E-state index contributed by atoms with van der Waals surface area (Å²) in [6.45, 7) is 5.95. The molecule has 0 radical (unpaired) electrons. The topological polar surface area (TPSA) is 65.6 Å². The van der Waals surface area contributed by atoms with Gasteiger partial charge >= 0.3 is 6.09 Å². The van der Waals surface area contributed by atoms with Gasteiger partial charge in [-0.15, -0.1) is 0 Å². The number of aromatic amines is 1. The number of aliphatic hydroxyl groups excluding tert-OH is 1. The zero-order chi connectivity index (χ0) is 21.5. The molecule has 2 heterocycles. The molecule has 3 aromatic rings. The number of carbonyl (C=O) groups is 1. The molecular weight excluding hydrogens is 383 g/mol. The maximum atomic E-state index is 13.5. The van der Waals surface area contributed by atoms with E-state index >= 15 is 0 Å². The minimum absolute atomic E-state index is 0.293. The molecule has 2 N–H and O–H groups in total. The number of aliphatic hydroxyl groups is 1. The number of benzene rings is 2. The number of para-hydroxylation sites is 1. The molecule has 2 atom stereocenters. The Balaban J connectivity index is 1.72. The predicted octanol–water partition coefficient (Wildman–Crippen LogP) is 4.89. The zero-order valence-electron chi connectivity index (χ0n) is 17.5. The number of amides is 1. The number of fused-ring (bicyclic) bond motifs is 1. The maximum absolute atomic E-state index is 13.5. The van der Waals surface area contributed by atoms with Crippen molar-refractivity contribution in [3.8, 4) is 11.3 Å². The average molecular weight is 410 g/mol. The number of halogens is 1. The first kappa shape index (κ1) is 20.4. The van der Waals surface area contributed by atoms with Crippen molar-refractivity contribution >= 4 is 17.0 Å². The second-order valence-electron chi connectivity index (χ2n) is 8.83. The molecule has 1 fully saturated rings. The van der Waals surface area contributed by atoms with E-state index in [-0.39, 0.29) is 5.82 Å². The molecule has 0 bridgehead atoms. The van der Waals surface area contributed by atoms with Gasteiger partial charge in [0, 0.05) is 23.1 Å². The molecule has 1 amide bonds. The molecule has 1 aliphatic heterocycles. The molecular formula is C24H27FN2O3. The third-order valence-electron chi connectivity index (χ3n) is 5.50. The molecule has 2 aromatic carbocycles. The van der Waals surface area contributed by atoms with Crippen molar-refractivity contribution in [2.24, 2.45) is 0 Å². The van der Waals surface area contributed by atoms with E-state index in [1.54, 1.807) is 17.0 Å². The fourth-order valence-corrected chi connectivity index (χ4v) is 4.11. The summed E-state index contributed by atoms with van der Waals surface area (Å²) in [5.41, 5.74) is 3.09. The highest BCUT2D eigenvalue weighted by molar-refractivity contribution is 5.91. The van der Waals surface area contributed by atoms with Crippen molar-refractivity contribution in [3.05, 3.63) is 59.9 Å². The first-order chi connectivity index (χ1) is 14.2. The van der Waals surface area contributed by atoms with Gasteiger partial charge in [0.05, 0.1) is 12.1 Å². The molecule has 4 rings (SSSR count). The Labute approximate surface area is 175 Å². The number of likely N-dealkylation sites (tertiary alicyclic amines) is 1. The standard InChI is InChI=1S/C24H27FN2O3/c1-24(2,3)30-23(29)27-13-12-21(28)20(27)14-18-17-6-4-5-7-19(17)26-22(18)15-8-10-16(25)11-9-15/h4-11,20-21,26,28H,12-14H2,1-3H3. The van der Waals surface area contributed by atoms with Gasteiger partial charge in [-0.1, -0.05) is 18.2 Å². The summed E-state index contributed by atoms with van der Waals surface area (Å²) >= 11 is 0. The molecule has 1 saturated heterocycles. The van der Waals surface area contributed by atoms with Crippen molar-refractivity contribution in [2.75, 3.05) is 6.54 Å². The van der Waals surface area contributed by atoms with Gasteiger partial charge in [-0.3, -0.25) is 0 Å². The van der Waals surface area contributed by atoms with Gasteiger partial charge < -0.3 is 19.7 Å². The Morgan fingerprint density at radius 2 is 1.90 bits per heavy atom. The zero-order valence-corrected chi connectivity index (χ0v) is 17.5. The van der Waals surface area contributed by atoms with Crippen LogP contribution in [-0.2, 0) is 11.2 Å². The Morgan fingerprint density at radius 1 is 1.20 bits per heavy atom. The highest BCUT2D eigenvalue weighted by Crippen LogP contribution is 2.34. The molecule has 1 aromatic heterocycles. The Bertz CT molecular complexity index is 1050. The fraction of sp³-hybridized carbons (Fsp3) is 0.375. The number of hydrogen-bond acceptors (Lipinski definition) is 3. The number of rotatable bonds is 3. The smallest absolute Gasteiger partial charge is 0.410 e. The molecule has 0 saturated carbocycles. The lowest BCUT2D eigenvalue weighted by Crippen LogP contribution is -2.43. The van der Waals surface area contributed by atoms with Crippen molar-refractivity contribution in [2.45, 2.75) is 51.4 Å². The molecule has 30 heavy (non-hydrogen) atoms. The number of carbonyl (C=O) groups excluding carboxylic acids is 1.